The number of nitro benzene ring substituents is 1. The van der Waals surface area contributed by atoms with Gasteiger partial charge in [0.05, 0.1) is 16.7 Å². The van der Waals surface area contributed by atoms with Crippen LogP contribution in [0.5, 0.6) is 0 Å². The number of anilines is 1. The van der Waals surface area contributed by atoms with Crippen molar-refractivity contribution in [1.82, 2.24) is 5.32 Å². The van der Waals surface area contributed by atoms with Gasteiger partial charge in [0.25, 0.3) is 5.69 Å². The van der Waals surface area contributed by atoms with Gasteiger partial charge >= 0.3 is 0 Å². The largest absolute Gasteiger partial charge is 0.368 e. The molecule has 1 heterocycles. The van der Waals surface area contributed by atoms with Crippen molar-refractivity contribution >= 4 is 34.0 Å². The van der Waals surface area contributed by atoms with Gasteiger partial charge in [0.2, 0.25) is 0 Å². The number of non-ortho nitro benzene ring substituents is 1. The lowest BCUT2D eigenvalue weighted by atomic mass is 10.1. The average molecular weight is 333 g/mol. The molecule has 1 aliphatic heterocycles. The first-order chi connectivity index (χ1) is 7.59. The monoisotopic (exact) mass is 333 g/mol. The minimum absolute atomic E-state index is 0.147. The van der Waals surface area contributed by atoms with E-state index in [-0.39, 0.29) is 10.6 Å². The highest BCUT2D eigenvalue weighted by Crippen LogP contribution is 2.27. The molecule has 0 radical (unpaired) electrons. The molecule has 1 N–H and O–H groups in total. The van der Waals surface area contributed by atoms with Gasteiger partial charge in [-0.05, 0) is 28.7 Å². The highest BCUT2D eigenvalue weighted by Gasteiger charge is 2.23. The molecule has 86 valence electrons. The molecule has 0 atom stereocenters. The number of nitrogens with one attached hydrogen (secondary N) is 1. The van der Waals surface area contributed by atoms with Crippen LogP contribution in [0, 0.1) is 13.7 Å². The minimum Gasteiger partial charge on any atom is -0.368 e. The minimum atomic E-state index is -0.364. The van der Waals surface area contributed by atoms with Crippen molar-refractivity contribution in [1.29, 1.82) is 0 Å². The fourth-order valence-electron chi connectivity index (χ4n) is 1.64. The molecule has 1 aliphatic rings. The van der Waals surface area contributed by atoms with Crippen LogP contribution in [0.1, 0.15) is 0 Å². The Bertz CT molecular complexity index is 421. The second kappa shape index (κ2) is 4.54. The summed E-state index contributed by atoms with van der Waals surface area (Å²) in [5.74, 6) is 0. The van der Waals surface area contributed by atoms with E-state index in [1.807, 2.05) is 13.1 Å². The van der Waals surface area contributed by atoms with Crippen molar-refractivity contribution < 1.29 is 4.92 Å². The molecule has 5 nitrogen and oxygen atoms in total. The predicted molar refractivity (Wildman–Crippen MR) is 70.9 cm³/mol. The van der Waals surface area contributed by atoms with E-state index in [0.717, 1.165) is 22.3 Å². The summed E-state index contributed by atoms with van der Waals surface area (Å²) in [6, 6.07) is 5.48. The highest BCUT2D eigenvalue weighted by atomic mass is 127. The maximum atomic E-state index is 10.6. The van der Waals surface area contributed by atoms with Crippen LogP contribution in [0.3, 0.4) is 0 Å². The van der Waals surface area contributed by atoms with Gasteiger partial charge in [-0.15, -0.1) is 0 Å². The van der Waals surface area contributed by atoms with Gasteiger partial charge in [-0.3, -0.25) is 10.1 Å². The SMILES string of the molecule is CN(c1ccc([N+](=O)[O-])cc1I)C1CNC1. The second-order valence-corrected chi connectivity index (χ2v) is 4.98. The Morgan fingerprint density at radius 2 is 2.25 bits per heavy atom. The van der Waals surface area contributed by atoms with Crippen molar-refractivity contribution in [3.8, 4) is 0 Å². The van der Waals surface area contributed by atoms with Crippen LogP contribution in [-0.2, 0) is 0 Å². The molecule has 0 aromatic heterocycles. The summed E-state index contributed by atoms with van der Waals surface area (Å²) >= 11 is 2.14. The molecule has 1 aromatic rings. The van der Waals surface area contributed by atoms with Crippen LogP contribution in [0.25, 0.3) is 0 Å². The average Bonchev–Trinajstić information content (AvgIpc) is 2.14. The number of rotatable bonds is 3. The van der Waals surface area contributed by atoms with E-state index in [0.29, 0.717) is 6.04 Å². The van der Waals surface area contributed by atoms with Gasteiger partial charge in [-0.1, -0.05) is 0 Å². The molecule has 0 unspecified atom stereocenters. The van der Waals surface area contributed by atoms with Crippen LogP contribution >= 0.6 is 22.6 Å². The lowest BCUT2D eigenvalue weighted by Crippen LogP contribution is -2.56. The summed E-state index contributed by atoms with van der Waals surface area (Å²) in [5, 5.41) is 13.8. The van der Waals surface area contributed by atoms with Gasteiger partial charge in [0.15, 0.2) is 0 Å². The first-order valence-electron chi connectivity index (χ1n) is 4.97. The van der Waals surface area contributed by atoms with Crippen molar-refractivity contribution in [2.45, 2.75) is 6.04 Å². The van der Waals surface area contributed by atoms with E-state index in [1.165, 1.54) is 0 Å². The summed E-state index contributed by atoms with van der Waals surface area (Å²) in [6.07, 6.45) is 0. The lowest BCUT2D eigenvalue weighted by Gasteiger charge is -2.37. The van der Waals surface area contributed by atoms with Gasteiger partial charge in [-0.2, -0.15) is 0 Å². The van der Waals surface area contributed by atoms with E-state index in [4.69, 9.17) is 0 Å². The van der Waals surface area contributed by atoms with Gasteiger partial charge in [0, 0.05) is 35.8 Å². The predicted octanol–water partition coefficient (Wildman–Crippen LogP) is 1.61. The Morgan fingerprint density at radius 3 is 2.69 bits per heavy atom. The molecule has 2 rings (SSSR count). The molecule has 16 heavy (non-hydrogen) atoms. The normalized spacial score (nSPS) is 15.6. The number of likely N-dealkylation sites (N-methyl/N-ethyl adjacent to an activating group) is 1. The summed E-state index contributed by atoms with van der Waals surface area (Å²) in [7, 11) is 2.02. The Labute approximate surface area is 107 Å². The molecular weight excluding hydrogens is 321 g/mol. The Kier molecular flexibility index (Phi) is 3.29. The topological polar surface area (TPSA) is 58.4 Å². The zero-order valence-corrected chi connectivity index (χ0v) is 11.0. The Hall–Kier alpha value is -0.890. The standard InChI is InChI=1S/C10H12IN3O2/c1-13(8-5-12-6-8)10-3-2-7(14(15)16)4-9(10)11/h2-4,8,12H,5-6H2,1H3. The fourth-order valence-corrected chi connectivity index (χ4v) is 2.52. The smallest absolute Gasteiger partial charge is 0.270 e. The highest BCUT2D eigenvalue weighted by molar-refractivity contribution is 14.1. The summed E-state index contributed by atoms with van der Waals surface area (Å²) in [5.41, 5.74) is 1.20. The molecule has 0 aliphatic carbocycles. The number of benzene rings is 1. The summed E-state index contributed by atoms with van der Waals surface area (Å²) in [6.45, 7) is 1.95. The van der Waals surface area contributed by atoms with E-state index in [9.17, 15) is 10.1 Å². The number of nitrogens with zero attached hydrogens (tertiary/aromatic N) is 2. The van der Waals surface area contributed by atoms with Crippen LogP contribution in [0.15, 0.2) is 18.2 Å². The van der Waals surface area contributed by atoms with E-state index in [1.54, 1.807) is 12.1 Å². The zero-order chi connectivity index (χ0) is 11.7. The Morgan fingerprint density at radius 1 is 1.56 bits per heavy atom. The van der Waals surface area contributed by atoms with Crippen LogP contribution in [-0.4, -0.2) is 31.1 Å². The van der Waals surface area contributed by atoms with E-state index >= 15 is 0 Å². The quantitative estimate of drug-likeness (QED) is 0.519. The van der Waals surface area contributed by atoms with Crippen molar-refractivity contribution in [2.24, 2.45) is 0 Å². The zero-order valence-electron chi connectivity index (χ0n) is 8.81. The number of hydrogen-bond acceptors (Lipinski definition) is 4. The maximum Gasteiger partial charge on any atom is 0.270 e. The molecule has 1 saturated heterocycles. The van der Waals surface area contributed by atoms with Crippen molar-refractivity contribution in [3.05, 3.63) is 31.9 Å². The van der Waals surface area contributed by atoms with E-state index < -0.39 is 0 Å². The molecule has 0 bridgehead atoms. The first-order valence-corrected chi connectivity index (χ1v) is 6.05. The molecule has 1 fully saturated rings. The van der Waals surface area contributed by atoms with Gasteiger partial charge in [-0.25, -0.2) is 0 Å². The molecule has 0 saturated carbocycles. The van der Waals surface area contributed by atoms with E-state index in [2.05, 4.69) is 32.8 Å². The number of hydrogen-bond donors (Lipinski definition) is 1. The summed E-state index contributed by atoms with van der Waals surface area (Å²) < 4.78 is 0.918. The maximum absolute atomic E-state index is 10.6. The van der Waals surface area contributed by atoms with Gasteiger partial charge in [0.1, 0.15) is 0 Å². The van der Waals surface area contributed by atoms with Crippen LogP contribution in [0.4, 0.5) is 11.4 Å². The molecule has 6 heteroatoms. The van der Waals surface area contributed by atoms with Crippen LogP contribution < -0.4 is 10.2 Å². The van der Waals surface area contributed by atoms with Crippen LogP contribution in [0.2, 0.25) is 0 Å². The third-order valence-electron chi connectivity index (χ3n) is 2.83. The molecular formula is C10H12IN3O2. The third-order valence-corrected chi connectivity index (χ3v) is 3.69. The molecule has 0 amide bonds. The van der Waals surface area contributed by atoms with Crippen molar-refractivity contribution in [2.75, 3.05) is 25.0 Å². The number of nitro groups is 1. The fraction of sp³-hybridized carbons (Fsp3) is 0.400. The third kappa shape index (κ3) is 2.12. The summed E-state index contributed by atoms with van der Waals surface area (Å²) in [4.78, 5) is 12.4. The lowest BCUT2D eigenvalue weighted by molar-refractivity contribution is -0.384. The Balaban J connectivity index is 2.24. The van der Waals surface area contributed by atoms with Crippen molar-refractivity contribution in [3.63, 3.8) is 0 Å². The number of halogens is 1. The second-order valence-electron chi connectivity index (χ2n) is 3.82. The molecule has 1 aromatic carbocycles. The first kappa shape index (κ1) is 11.6. The van der Waals surface area contributed by atoms with Gasteiger partial charge < -0.3 is 10.2 Å². The molecule has 0 spiro atoms.